The number of esters is 1. The molecule has 0 amide bonds. The average molecular weight is 349 g/mol. The summed E-state index contributed by atoms with van der Waals surface area (Å²) >= 11 is 6.11. The maximum atomic E-state index is 14.1. The highest BCUT2D eigenvalue weighted by Crippen LogP contribution is 2.32. The molecule has 24 heavy (non-hydrogen) atoms. The summed E-state index contributed by atoms with van der Waals surface area (Å²) in [7, 11) is 0. The van der Waals surface area contributed by atoms with Crippen LogP contribution in [0.25, 0.3) is 0 Å². The van der Waals surface area contributed by atoms with E-state index in [9.17, 15) is 9.18 Å². The molecule has 0 atom stereocenters. The zero-order valence-electron chi connectivity index (χ0n) is 13.3. The smallest absolute Gasteiger partial charge is 0.341 e. The van der Waals surface area contributed by atoms with Gasteiger partial charge in [0.1, 0.15) is 17.3 Å². The Morgan fingerprint density at radius 3 is 2.92 bits per heavy atom. The highest BCUT2D eigenvalue weighted by atomic mass is 35.5. The summed E-state index contributed by atoms with van der Waals surface area (Å²) in [4.78, 5) is 11.7. The van der Waals surface area contributed by atoms with Crippen LogP contribution in [0.15, 0.2) is 30.3 Å². The van der Waals surface area contributed by atoms with Gasteiger partial charge in [-0.05, 0) is 36.1 Å². The maximum Gasteiger partial charge on any atom is 0.341 e. The van der Waals surface area contributed by atoms with Gasteiger partial charge in [0.15, 0.2) is 0 Å². The Bertz CT molecular complexity index is 796. The van der Waals surface area contributed by atoms with Crippen LogP contribution >= 0.6 is 11.6 Å². The second-order valence-corrected chi connectivity index (χ2v) is 5.81. The lowest BCUT2D eigenvalue weighted by molar-refractivity contribution is 0.0521. The van der Waals surface area contributed by atoms with Crippen molar-refractivity contribution >= 4 is 29.9 Å². The molecule has 0 saturated heterocycles. The molecule has 0 saturated carbocycles. The van der Waals surface area contributed by atoms with Crippen molar-refractivity contribution in [2.75, 3.05) is 6.61 Å². The van der Waals surface area contributed by atoms with Crippen molar-refractivity contribution in [3.8, 4) is 11.5 Å². The van der Waals surface area contributed by atoms with Crippen LogP contribution in [-0.4, -0.2) is 19.5 Å². The summed E-state index contributed by atoms with van der Waals surface area (Å²) in [6.45, 7) is 4.35. The van der Waals surface area contributed by atoms with Crippen molar-refractivity contribution in [3.63, 3.8) is 0 Å². The van der Waals surface area contributed by atoms with E-state index in [4.69, 9.17) is 25.7 Å². The first-order valence-corrected chi connectivity index (χ1v) is 7.95. The predicted octanol–water partition coefficient (Wildman–Crippen LogP) is 3.81. The van der Waals surface area contributed by atoms with E-state index >= 15 is 0 Å². The zero-order chi connectivity index (χ0) is 17.3. The first-order chi connectivity index (χ1) is 11.5. The minimum atomic E-state index is -0.757. The first kappa shape index (κ1) is 16.8. The molecule has 4 nitrogen and oxygen atoms in total. The molecule has 3 rings (SSSR count). The summed E-state index contributed by atoms with van der Waals surface area (Å²) < 4.78 is 30.1. The van der Waals surface area contributed by atoms with Crippen molar-refractivity contribution in [1.82, 2.24) is 0 Å². The second-order valence-electron chi connectivity index (χ2n) is 5.40. The number of hydrogen-bond acceptors (Lipinski definition) is 4. The molecule has 0 fully saturated rings. The fourth-order valence-corrected chi connectivity index (χ4v) is 2.77. The van der Waals surface area contributed by atoms with E-state index in [0.29, 0.717) is 12.4 Å². The molecule has 0 unspecified atom stereocenters. The number of halogens is 2. The van der Waals surface area contributed by atoms with Gasteiger partial charge >= 0.3 is 12.9 Å². The van der Waals surface area contributed by atoms with Crippen molar-refractivity contribution in [2.45, 2.75) is 20.4 Å². The number of fused-ring (bicyclic) bond motifs is 1. The molecule has 0 aliphatic carbocycles. The molecule has 2 aromatic carbocycles. The van der Waals surface area contributed by atoms with Crippen LogP contribution < -0.4 is 10.2 Å². The Hall–Kier alpha value is -2.05. The van der Waals surface area contributed by atoms with E-state index in [1.165, 1.54) is 6.07 Å². The molecule has 124 valence electrons. The Morgan fingerprint density at radius 2 is 2.17 bits per heavy atom. The summed E-state index contributed by atoms with van der Waals surface area (Å²) in [5.41, 5.74) is 1.92. The Morgan fingerprint density at radius 1 is 1.38 bits per heavy atom. The SMILES string of the molecule is CCOC(=O)c1cc(Cl)c(Oc2ccc3c(c2)COB3C)cc1F. The summed E-state index contributed by atoms with van der Waals surface area (Å²) in [6.07, 6.45) is 0. The molecule has 0 aromatic heterocycles. The lowest BCUT2D eigenvalue weighted by atomic mass is 9.64. The van der Waals surface area contributed by atoms with Gasteiger partial charge in [0.05, 0.1) is 23.8 Å². The van der Waals surface area contributed by atoms with Crippen LogP contribution in [0.1, 0.15) is 22.8 Å². The Balaban J connectivity index is 1.86. The lowest BCUT2D eigenvalue weighted by Gasteiger charge is -2.11. The number of carbonyl (C=O) groups excluding carboxylic acids is 1. The van der Waals surface area contributed by atoms with Gasteiger partial charge in [0.25, 0.3) is 0 Å². The van der Waals surface area contributed by atoms with E-state index in [2.05, 4.69) is 0 Å². The fourth-order valence-electron chi connectivity index (χ4n) is 2.57. The van der Waals surface area contributed by atoms with Gasteiger partial charge in [-0.25, -0.2) is 9.18 Å². The molecule has 7 heteroatoms. The first-order valence-electron chi connectivity index (χ1n) is 7.58. The van der Waals surface area contributed by atoms with Gasteiger partial charge in [-0.3, -0.25) is 0 Å². The normalized spacial score (nSPS) is 12.9. The van der Waals surface area contributed by atoms with Crippen molar-refractivity contribution < 1.29 is 23.3 Å². The fraction of sp³-hybridized carbons (Fsp3) is 0.235. The largest absolute Gasteiger partial charge is 0.462 e. The lowest BCUT2D eigenvalue weighted by Crippen LogP contribution is -2.23. The summed E-state index contributed by atoms with van der Waals surface area (Å²) in [5, 5.41) is 0.129. The van der Waals surface area contributed by atoms with Crippen LogP contribution in [0, 0.1) is 5.82 Å². The minimum absolute atomic E-state index is 0.0546. The van der Waals surface area contributed by atoms with Crippen molar-refractivity contribution in [1.29, 1.82) is 0 Å². The van der Waals surface area contributed by atoms with E-state index in [1.807, 2.05) is 19.0 Å². The molecular weight excluding hydrogens is 333 g/mol. The predicted molar refractivity (Wildman–Crippen MR) is 89.9 cm³/mol. The summed E-state index contributed by atoms with van der Waals surface area (Å²) in [6, 6.07) is 7.83. The summed E-state index contributed by atoms with van der Waals surface area (Å²) in [5.74, 6) is -0.844. The standard InChI is InChI=1S/C17H15BClFO4/c1-3-22-17(21)12-7-14(19)16(8-15(12)20)24-11-4-5-13-10(6-11)9-23-18(13)2/h4-8H,3,9H2,1-2H3. The number of ether oxygens (including phenoxy) is 2. The Kier molecular flexibility index (Phi) is 4.78. The molecular formula is C17H15BClFO4. The van der Waals surface area contributed by atoms with Gasteiger partial charge in [-0.15, -0.1) is 0 Å². The van der Waals surface area contributed by atoms with Crippen LogP contribution in [0.4, 0.5) is 4.39 Å². The number of rotatable bonds is 4. The van der Waals surface area contributed by atoms with Crippen LogP contribution in [0.5, 0.6) is 11.5 Å². The molecule has 1 aliphatic heterocycles. The third-order valence-electron chi connectivity index (χ3n) is 3.79. The molecule has 1 heterocycles. The highest BCUT2D eigenvalue weighted by Gasteiger charge is 2.24. The van der Waals surface area contributed by atoms with Crippen molar-refractivity contribution in [3.05, 3.63) is 52.3 Å². The van der Waals surface area contributed by atoms with Gasteiger partial charge in [-0.2, -0.15) is 0 Å². The number of hydrogen-bond donors (Lipinski definition) is 0. The van der Waals surface area contributed by atoms with Gasteiger partial charge in [-0.1, -0.05) is 24.5 Å². The molecule has 0 radical (unpaired) electrons. The molecule has 0 N–H and O–H groups in total. The van der Waals surface area contributed by atoms with Gasteiger partial charge in [0.2, 0.25) is 0 Å². The van der Waals surface area contributed by atoms with Crippen LogP contribution in [-0.2, 0) is 16.0 Å². The van der Waals surface area contributed by atoms with E-state index in [0.717, 1.165) is 17.1 Å². The molecule has 2 aromatic rings. The monoisotopic (exact) mass is 348 g/mol. The third-order valence-corrected chi connectivity index (χ3v) is 4.08. The van der Waals surface area contributed by atoms with Gasteiger partial charge < -0.3 is 14.1 Å². The number of benzene rings is 2. The van der Waals surface area contributed by atoms with Gasteiger partial charge in [0, 0.05) is 6.07 Å². The van der Waals surface area contributed by atoms with Crippen LogP contribution in [0.2, 0.25) is 11.8 Å². The van der Waals surface area contributed by atoms with E-state index < -0.39 is 11.8 Å². The van der Waals surface area contributed by atoms with Crippen molar-refractivity contribution in [2.24, 2.45) is 0 Å². The topological polar surface area (TPSA) is 44.8 Å². The quantitative estimate of drug-likeness (QED) is 0.622. The zero-order valence-corrected chi connectivity index (χ0v) is 14.0. The number of carbonyl (C=O) groups is 1. The third kappa shape index (κ3) is 3.25. The minimum Gasteiger partial charge on any atom is -0.462 e. The van der Waals surface area contributed by atoms with E-state index in [1.54, 1.807) is 13.0 Å². The molecule has 1 aliphatic rings. The highest BCUT2D eigenvalue weighted by molar-refractivity contribution is 6.67. The maximum absolute atomic E-state index is 14.1. The van der Waals surface area contributed by atoms with Crippen LogP contribution in [0.3, 0.4) is 0 Å². The molecule has 0 spiro atoms. The average Bonchev–Trinajstić information content (AvgIpc) is 2.91. The molecule has 0 bridgehead atoms. The van der Waals surface area contributed by atoms with E-state index in [-0.39, 0.29) is 29.9 Å². The second kappa shape index (κ2) is 6.83. The Labute approximate surface area is 144 Å².